The minimum Gasteiger partial charge on any atom is -0.372 e. The van der Waals surface area contributed by atoms with E-state index in [4.69, 9.17) is 10.00 Å². The van der Waals surface area contributed by atoms with Gasteiger partial charge < -0.3 is 4.74 Å². The molecule has 0 aromatic heterocycles. The van der Waals surface area contributed by atoms with E-state index >= 15 is 0 Å². The molecular formula is C11H10N2O3. The van der Waals surface area contributed by atoms with Crippen molar-refractivity contribution in [1.82, 2.24) is 0 Å². The molecule has 0 bridgehead atoms. The molecule has 1 aliphatic rings. The summed E-state index contributed by atoms with van der Waals surface area (Å²) in [6.07, 6.45) is 0.166. The molecule has 1 aromatic carbocycles. The lowest BCUT2D eigenvalue weighted by molar-refractivity contribution is -0.386. The summed E-state index contributed by atoms with van der Waals surface area (Å²) < 4.78 is 5.41. The average molecular weight is 218 g/mol. The largest absolute Gasteiger partial charge is 0.372 e. The van der Waals surface area contributed by atoms with Gasteiger partial charge in [0.2, 0.25) is 0 Å². The van der Waals surface area contributed by atoms with Crippen LogP contribution in [0.5, 0.6) is 0 Å². The van der Waals surface area contributed by atoms with Gasteiger partial charge in [-0.15, -0.1) is 0 Å². The van der Waals surface area contributed by atoms with Crippen molar-refractivity contribution in [3.63, 3.8) is 0 Å². The van der Waals surface area contributed by atoms with Crippen LogP contribution < -0.4 is 0 Å². The van der Waals surface area contributed by atoms with E-state index in [2.05, 4.69) is 6.07 Å². The SMILES string of the molecule is N#CC1CCOC1c1ccccc1[N+](=O)[O-]. The maximum atomic E-state index is 10.8. The van der Waals surface area contributed by atoms with E-state index in [0.29, 0.717) is 18.6 Å². The van der Waals surface area contributed by atoms with E-state index in [9.17, 15) is 10.1 Å². The third-order valence-corrected chi connectivity index (χ3v) is 2.70. The Labute approximate surface area is 92.4 Å². The topological polar surface area (TPSA) is 76.2 Å². The van der Waals surface area contributed by atoms with Crippen LogP contribution in [0.25, 0.3) is 0 Å². The van der Waals surface area contributed by atoms with Crippen LogP contribution in [0, 0.1) is 27.4 Å². The Bertz CT molecular complexity index is 453. The first kappa shape index (κ1) is 10.6. The highest BCUT2D eigenvalue weighted by Gasteiger charge is 2.33. The number of nitrogens with zero attached hydrogens (tertiary/aromatic N) is 2. The molecule has 0 aliphatic carbocycles. The summed E-state index contributed by atoms with van der Waals surface area (Å²) >= 11 is 0. The average Bonchev–Trinajstić information content (AvgIpc) is 2.76. The molecule has 1 aliphatic heterocycles. The normalized spacial score (nSPS) is 23.9. The van der Waals surface area contributed by atoms with Crippen molar-refractivity contribution in [2.45, 2.75) is 12.5 Å². The van der Waals surface area contributed by atoms with Crippen molar-refractivity contribution < 1.29 is 9.66 Å². The van der Waals surface area contributed by atoms with Gasteiger partial charge >= 0.3 is 0 Å². The van der Waals surface area contributed by atoms with Gasteiger partial charge in [-0.25, -0.2) is 0 Å². The lowest BCUT2D eigenvalue weighted by Crippen LogP contribution is -2.08. The molecule has 0 radical (unpaired) electrons. The molecule has 0 spiro atoms. The molecule has 2 rings (SSSR count). The Hall–Kier alpha value is -1.93. The minimum absolute atomic E-state index is 0.0228. The van der Waals surface area contributed by atoms with Crippen molar-refractivity contribution in [3.05, 3.63) is 39.9 Å². The highest BCUT2D eigenvalue weighted by Crippen LogP contribution is 2.38. The lowest BCUT2D eigenvalue weighted by atomic mass is 9.95. The number of nitriles is 1. The van der Waals surface area contributed by atoms with Crippen molar-refractivity contribution >= 4 is 5.69 Å². The molecule has 16 heavy (non-hydrogen) atoms. The summed E-state index contributed by atoms with van der Waals surface area (Å²) in [4.78, 5) is 10.4. The minimum atomic E-state index is -0.466. The molecule has 1 aromatic rings. The maximum absolute atomic E-state index is 10.8. The predicted molar refractivity (Wildman–Crippen MR) is 55.5 cm³/mol. The van der Waals surface area contributed by atoms with Crippen LogP contribution in [0.1, 0.15) is 18.1 Å². The van der Waals surface area contributed by atoms with Crippen LogP contribution in [-0.2, 0) is 4.74 Å². The van der Waals surface area contributed by atoms with Gasteiger partial charge in [0.05, 0.1) is 22.5 Å². The van der Waals surface area contributed by atoms with Crippen LogP contribution in [0.4, 0.5) is 5.69 Å². The fourth-order valence-electron chi connectivity index (χ4n) is 1.92. The third kappa shape index (κ3) is 1.75. The fourth-order valence-corrected chi connectivity index (χ4v) is 1.92. The lowest BCUT2D eigenvalue weighted by Gasteiger charge is -2.12. The van der Waals surface area contributed by atoms with Crippen LogP contribution in [-0.4, -0.2) is 11.5 Å². The summed E-state index contributed by atoms with van der Waals surface area (Å²) in [5, 5.41) is 19.8. The van der Waals surface area contributed by atoms with Crippen molar-refractivity contribution in [3.8, 4) is 6.07 Å². The predicted octanol–water partition coefficient (Wildman–Crippen LogP) is 2.20. The molecule has 1 heterocycles. The fraction of sp³-hybridized carbons (Fsp3) is 0.364. The highest BCUT2D eigenvalue weighted by molar-refractivity contribution is 5.42. The molecule has 2 unspecified atom stereocenters. The standard InChI is InChI=1S/C11H10N2O3/c12-7-8-5-6-16-11(8)9-3-1-2-4-10(9)13(14)15/h1-4,8,11H,5-6H2. The number of para-hydroxylation sites is 1. The van der Waals surface area contributed by atoms with Gasteiger partial charge in [-0.2, -0.15) is 5.26 Å². The molecule has 82 valence electrons. The van der Waals surface area contributed by atoms with E-state index < -0.39 is 11.0 Å². The van der Waals surface area contributed by atoms with Gasteiger partial charge in [-0.1, -0.05) is 12.1 Å². The molecule has 1 saturated heterocycles. The zero-order valence-electron chi connectivity index (χ0n) is 8.50. The summed E-state index contributed by atoms with van der Waals surface area (Å²) in [6, 6.07) is 8.55. The number of rotatable bonds is 2. The van der Waals surface area contributed by atoms with Crippen LogP contribution in [0.15, 0.2) is 24.3 Å². The van der Waals surface area contributed by atoms with E-state index in [1.807, 2.05) is 0 Å². The second-order valence-electron chi connectivity index (χ2n) is 3.63. The van der Waals surface area contributed by atoms with Crippen molar-refractivity contribution in [2.75, 3.05) is 6.61 Å². The van der Waals surface area contributed by atoms with Crippen molar-refractivity contribution in [1.29, 1.82) is 5.26 Å². The quantitative estimate of drug-likeness (QED) is 0.563. The van der Waals surface area contributed by atoms with Gasteiger partial charge in [0.1, 0.15) is 6.10 Å². The maximum Gasteiger partial charge on any atom is 0.275 e. The molecule has 0 saturated carbocycles. The Balaban J connectivity index is 2.40. The van der Waals surface area contributed by atoms with Gasteiger partial charge in [0, 0.05) is 12.7 Å². The molecule has 5 nitrogen and oxygen atoms in total. The number of hydrogen-bond acceptors (Lipinski definition) is 4. The first-order chi connectivity index (χ1) is 7.74. The van der Waals surface area contributed by atoms with Gasteiger partial charge in [0.15, 0.2) is 0 Å². The van der Waals surface area contributed by atoms with Gasteiger partial charge in [0.25, 0.3) is 5.69 Å². The van der Waals surface area contributed by atoms with Gasteiger partial charge in [-0.3, -0.25) is 10.1 Å². The molecule has 5 heteroatoms. The van der Waals surface area contributed by atoms with E-state index in [1.54, 1.807) is 18.2 Å². The second kappa shape index (κ2) is 4.29. The van der Waals surface area contributed by atoms with Gasteiger partial charge in [-0.05, 0) is 12.5 Å². The second-order valence-corrected chi connectivity index (χ2v) is 3.63. The Morgan fingerprint density at radius 3 is 2.94 bits per heavy atom. The third-order valence-electron chi connectivity index (χ3n) is 2.70. The molecule has 2 atom stereocenters. The van der Waals surface area contributed by atoms with Crippen LogP contribution in [0.3, 0.4) is 0 Å². The van der Waals surface area contributed by atoms with Crippen molar-refractivity contribution in [2.24, 2.45) is 5.92 Å². The first-order valence-electron chi connectivity index (χ1n) is 4.98. The number of nitro groups is 1. The van der Waals surface area contributed by atoms with E-state index in [1.165, 1.54) is 6.07 Å². The zero-order valence-corrected chi connectivity index (χ0v) is 8.50. The smallest absolute Gasteiger partial charge is 0.275 e. The molecular weight excluding hydrogens is 208 g/mol. The van der Waals surface area contributed by atoms with Crippen LogP contribution >= 0.6 is 0 Å². The van der Waals surface area contributed by atoms with Crippen LogP contribution in [0.2, 0.25) is 0 Å². The van der Waals surface area contributed by atoms with E-state index in [0.717, 1.165) is 0 Å². The molecule has 0 amide bonds. The first-order valence-corrected chi connectivity index (χ1v) is 4.98. The zero-order chi connectivity index (χ0) is 11.5. The number of ether oxygens (including phenoxy) is 1. The monoisotopic (exact) mass is 218 g/mol. The Morgan fingerprint density at radius 2 is 2.25 bits per heavy atom. The van der Waals surface area contributed by atoms with E-state index in [-0.39, 0.29) is 11.6 Å². The number of benzene rings is 1. The Morgan fingerprint density at radius 1 is 1.50 bits per heavy atom. The summed E-state index contributed by atoms with van der Waals surface area (Å²) in [5.74, 6) is -0.291. The molecule has 1 fully saturated rings. The Kier molecular flexibility index (Phi) is 2.84. The summed E-state index contributed by atoms with van der Waals surface area (Å²) in [7, 11) is 0. The summed E-state index contributed by atoms with van der Waals surface area (Å²) in [5.41, 5.74) is 0.520. The number of nitro benzene ring substituents is 1. The molecule has 0 N–H and O–H groups in total. The highest BCUT2D eigenvalue weighted by atomic mass is 16.6. The summed E-state index contributed by atoms with van der Waals surface area (Å²) in [6.45, 7) is 0.481. The number of hydrogen-bond donors (Lipinski definition) is 0.